The van der Waals surface area contributed by atoms with Crippen molar-refractivity contribution in [2.24, 2.45) is 0 Å². The van der Waals surface area contributed by atoms with Gasteiger partial charge in [0.1, 0.15) is 0 Å². The van der Waals surface area contributed by atoms with Crippen LogP contribution in [0.4, 0.5) is 0 Å². The lowest BCUT2D eigenvalue weighted by Gasteiger charge is -2.38. The van der Waals surface area contributed by atoms with E-state index >= 15 is 0 Å². The van der Waals surface area contributed by atoms with E-state index in [4.69, 9.17) is 0 Å². The summed E-state index contributed by atoms with van der Waals surface area (Å²) >= 11 is 0. The van der Waals surface area contributed by atoms with Gasteiger partial charge >= 0.3 is 0 Å². The Kier molecular flexibility index (Phi) is 4.87. The van der Waals surface area contributed by atoms with Gasteiger partial charge in [0.05, 0.1) is 0 Å². The van der Waals surface area contributed by atoms with Crippen molar-refractivity contribution < 1.29 is 0 Å². The van der Waals surface area contributed by atoms with Gasteiger partial charge in [0.15, 0.2) is 0 Å². The fraction of sp³-hybridized carbons (Fsp3) is 0.714. The van der Waals surface area contributed by atoms with Crippen molar-refractivity contribution in [1.82, 2.24) is 20.6 Å². The van der Waals surface area contributed by atoms with Gasteiger partial charge in [0.2, 0.25) is 0 Å². The Balaban J connectivity index is 1.61. The van der Waals surface area contributed by atoms with E-state index in [0.717, 1.165) is 0 Å². The summed E-state index contributed by atoms with van der Waals surface area (Å²) in [5.74, 6) is 0. The third kappa shape index (κ3) is 3.16. The van der Waals surface area contributed by atoms with E-state index in [1.807, 2.05) is 0 Å². The number of aromatic amines is 2. The maximum absolute atomic E-state index is 4.07. The normalized spacial score (nSPS) is 34.5. The smallest absolute Gasteiger partial charge is 0.0222 e. The Morgan fingerprint density at radius 3 is 0.906 bits per heavy atom. The predicted molar refractivity (Wildman–Crippen MR) is 134 cm³/mol. The first-order valence-corrected chi connectivity index (χ1v) is 12.8. The molecule has 0 unspecified atom stereocenters. The molecule has 0 amide bonds. The summed E-state index contributed by atoms with van der Waals surface area (Å²) in [6.45, 7) is 19.3. The molecule has 8 bridgehead atoms. The van der Waals surface area contributed by atoms with E-state index in [1.54, 1.807) is 0 Å². The molecule has 0 spiro atoms. The number of H-pyrrole nitrogens is 2. The Labute approximate surface area is 194 Å². The maximum atomic E-state index is 4.07. The van der Waals surface area contributed by atoms with Crippen molar-refractivity contribution in [1.29, 1.82) is 0 Å². The molecule has 176 valence electrons. The molecular formula is C28H44N4. The molecule has 5 rings (SSSR count). The summed E-state index contributed by atoms with van der Waals surface area (Å²) in [5.41, 5.74) is 5.69. The monoisotopic (exact) mass is 436 g/mol. The first-order chi connectivity index (χ1) is 14.8. The zero-order chi connectivity index (χ0) is 23.1. The summed E-state index contributed by atoms with van der Waals surface area (Å²) in [7, 11) is 0. The van der Waals surface area contributed by atoms with Crippen LogP contribution in [0.15, 0.2) is 24.3 Å². The number of aromatic nitrogens is 2. The molecule has 4 atom stereocenters. The quantitative estimate of drug-likeness (QED) is 0.446. The molecule has 32 heavy (non-hydrogen) atoms. The van der Waals surface area contributed by atoms with Gasteiger partial charge in [-0.15, -0.1) is 0 Å². The Hall–Kier alpha value is -1.52. The number of fused-ring (bicyclic) bond motifs is 8. The molecule has 2 fully saturated rings. The Morgan fingerprint density at radius 1 is 0.469 bits per heavy atom. The van der Waals surface area contributed by atoms with Gasteiger partial charge in [-0.05, 0) is 49.9 Å². The summed E-state index contributed by atoms with van der Waals surface area (Å²) in [4.78, 5) is 7.79. The van der Waals surface area contributed by atoms with Crippen molar-refractivity contribution in [3.05, 3.63) is 47.0 Å². The molecule has 0 saturated carbocycles. The molecule has 5 heterocycles. The fourth-order valence-corrected chi connectivity index (χ4v) is 6.81. The minimum absolute atomic E-state index is 0.0603. The zero-order valence-corrected chi connectivity index (χ0v) is 21.4. The number of rotatable bonds is 0. The topological polar surface area (TPSA) is 55.6 Å². The summed E-state index contributed by atoms with van der Waals surface area (Å²) in [6.07, 6.45) is 4.85. The average Bonchev–Trinajstić information content (AvgIpc) is 3.53. The molecule has 2 aromatic heterocycles. The van der Waals surface area contributed by atoms with Crippen molar-refractivity contribution >= 4 is 0 Å². The van der Waals surface area contributed by atoms with Crippen LogP contribution in [-0.4, -0.2) is 34.1 Å². The molecule has 3 aliphatic rings. The summed E-state index contributed by atoms with van der Waals surface area (Å²) < 4.78 is 0. The lowest BCUT2D eigenvalue weighted by Crippen LogP contribution is -2.50. The molecule has 4 nitrogen and oxygen atoms in total. The van der Waals surface area contributed by atoms with Crippen LogP contribution in [0.2, 0.25) is 0 Å². The molecule has 4 N–H and O–H groups in total. The van der Waals surface area contributed by atoms with Crippen molar-refractivity contribution in [3.63, 3.8) is 0 Å². The van der Waals surface area contributed by atoms with Gasteiger partial charge in [-0.25, -0.2) is 0 Å². The van der Waals surface area contributed by atoms with Crippen LogP contribution in [0, 0.1) is 0 Å². The van der Waals surface area contributed by atoms with Gasteiger partial charge in [0, 0.05) is 68.6 Å². The fourth-order valence-electron chi connectivity index (χ4n) is 6.81. The lowest BCUT2D eigenvalue weighted by molar-refractivity contribution is 0.298. The van der Waals surface area contributed by atoms with Crippen LogP contribution in [0.5, 0.6) is 0 Å². The number of hydrogen-bond donors (Lipinski definition) is 4. The standard InChI is InChI=1S/C28H44N4/c1-25(2)17-9-11-19(29-17)26(3,4)21-13-15-23(31-21)28(7,8)24-16-14-22(32-24)27(5,6)20-12-10-18(25)30-20/h9,11,14,16,18,20-21,23,29-32H,10,12-13,15H2,1-8H3/t18-,20+,21+,23-. The van der Waals surface area contributed by atoms with Crippen molar-refractivity contribution in [2.75, 3.05) is 0 Å². The zero-order valence-electron chi connectivity index (χ0n) is 21.4. The third-order valence-electron chi connectivity index (χ3n) is 9.93. The summed E-state index contributed by atoms with van der Waals surface area (Å²) in [5, 5.41) is 8.14. The maximum Gasteiger partial charge on any atom is 0.0222 e. The van der Waals surface area contributed by atoms with Crippen molar-refractivity contribution in [3.8, 4) is 0 Å². The third-order valence-corrected chi connectivity index (χ3v) is 9.93. The van der Waals surface area contributed by atoms with E-state index in [2.05, 4.69) is 100 Å². The first-order valence-electron chi connectivity index (χ1n) is 12.8. The second kappa shape index (κ2) is 6.99. The molecule has 2 saturated heterocycles. The highest BCUT2D eigenvalue weighted by molar-refractivity contribution is 5.33. The second-order valence-electron chi connectivity index (χ2n) is 13.2. The number of nitrogens with one attached hydrogen (secondary N) is 4. The van der Waals surface area contributed by atoms with Crippen LogP contribution >= 0.6 is 0 Å². The van der Waals surface area contributed by atoms with Crippen LogP contribution in [0.25, 0.3) is 0 Å². The highest BCUT2D eigenvalue weighted by Crippen LogP contribution is 2.43. The van der Waals surface area contributed by atoms with Crippen LogP contribution in [-0.2, 0) is 21.7 Å². The van der Waals surface area contributed by atoms with Gasteiger partial charge in [-0.1, -0.05) is 55.4 Å². The molecular weight excluding hydrogens is 392 g/mol. The number of hydrogen-bond acceptors (Lipinski definition) is 2. The Bertz CT molecular complexity index is 835. The molecule has 4 heteroatoms. The predicted octanol–water partition coefficient (Wildman–Crippen LogP) is 5.41. The van der Waals surface area contributed by atoms with E-state index < -0.39 is 0 Å². The average molecular weight is 437 g/mol. The molecule has 3 aliphatic heterocycles. The summed E-state index contributed by atoms with van der Waals surface area (Å²) in [6, 6.07) is 11.3. The van der Waals surface area contributed by atoms with E-state index in [0.29, 0.717) is 24.2 Å². The SMILES string of the molecule is CC1(C)c2ccc([nH]2)C(C)(C)[C@H]2CC[C@H](N2)C(C)(C)c2ccc([nH]2)C(C)(C)[C@H]2CC[C@@H]1N2. The second-order valence-corrected chi connectivity index (χ2v) is 13.2. The largest absolute Gasteiger partial charge is 0.361 e. The molecule has 0 aliphatic carbocycles. The van der Waals surface area contributed by atoms with E-state index in [9.17, 15) is 0 Å². The first kappa shape index (κ1) is 22.3. The lowest BCUT2D eigenvalue weighted by atomic mass is 9.80. The van der Waals surface area contributed by atoms with Crippen LogP contribution in [0.3, 0.4) is 0 Å². The van der Waals surface area contributed by atoms with Gasteiger partial charge in [-0.3, -0.25) is 0 Å². The van der Waals surface area contributed by atoms with Gasteiger partial charge in [0.25, 0.3) is 0 Å². The van der Waals surface area contributed by atoms with Gasteiger partial charge < -0.3 is 20.6 Å². The highest BCUT2D eigenvalue weighted by atomic mass is 15.1. The highest BCUT2D eigenvalue weighted by Gasteiger charge is 2.47. The Morgan fingerprint density at radius 2 is 0.688 bits per heavy atom. The van der Waals surface area contributed by atoms with Crippen molar-refractivity contribution in [2.45, 2.75) is 127 Å². The van der Waals surface area contributed by atoms with E-state index in [-0.39, 0.29) is 21.7 Å². The van der Waals surface area contributed by atoms with E-state index in [1.165, 1.54) is 48.5 Å². The molecule has 0 aromatic carbocycles. The molecule has 0 radical (unpaired) electrons. The minimum atomic E-state index is 0.0603. The van der Waals surface area contributed by atoms with Crippen LogP contribution in [0.1, 0.15) is 104 Å². The van der Waals surface area contributed by atoms with Gasteiger partial charge in [-0.2, -0.15) is 0 Å². The minimum Gasteiger partial charge on any atom is -0.361 e. The van der Waals surface area contributed by atoms with Crippen LogP contribution < -0.4 is 10.6 Å². The molecule has 2 aromatic rings.